The van der Waals surface area contributed by atoms with Crippen LogP contribution in [0.4, 0.5) is 0 Å². The van der Waals surface area contributed by atoms with Gasteiger partial charge in [-0.2, -0.15) is 0 Å². The first-order valence-corrected chi connectivity index (χ1v) is 8.42. The van der Waals surface area contributed by atoms with Crippen molar-refractivity contribution in [2.75, 3.05) is 19.8 Å². The summed E-state index contributed by atoms with van der Waals surface area (Å²) in [6, 6.07) is 8.02. The van der Waals surface area contributed by atoms with E-state index in [9.17, 15) is 0 Å². The summed E-state index contributed by atoms with van der Waals surface area (Å²) in [4.78, 5) is 2.37. The first-order chi connectivity index (χ1) is 10.4. The highest BCUT2D eigenvalue weighted by Crippen LogP contribution is 2.36. The molecule has 21 heavy (non-hydrogen) atoms. The number of aliphatic hydroxyl groups excluding tert-OH is 1. The number of aliphatic hydroxyl groups is 1. The van der Waals surface area contributed by atoms with Crippen molar-refractivity contribution in [1.29, 1.82) is 0 Å². The third-order valence-corrected chi connectivity index (χ3v) is 5.06. The summed E-state index contributed by atoms with van der Waals surface area (Å²) in [5.41, 5.74) is 0.999. The van der Waals surface area contributed by atoms with E-state index in [4.69, 9.17) is 14.6 Å². The minimum Gasteiger partial charge on any atom is -0.486 e. The highest BCUT2D eigenvalue weighted by atomic mass is 32.2. The number of fused-ring (bicyclic) bond motifs is 1. The maximum Gasteiger partial charge on any atom is 0.162 e. The van der Waals surface area contributed by atoms with Gasteiger partial charge >= 0.3 is 0 Å². The number of hydrogen-bond donors (Lipinski definition) is 1. The van der Waals surface area contributed by atoms with Crippen LogP contribution in [-0.4, -0.2) is 24.9 Å². The SMILES string of the molecule is OCC#Cc1ccsc1CSc1ccc2c(c1)OCCO2. The zero-order chi connectivity index (χ0) is 14.5. The van der Waals surface area contributed by atoms with Crippen LogP contribution in [0.5, 0.6) is 11.5 Å². The van der Waals surface area contributed by atoms with Gasteiger partial charge in [-0.15, -0.1) is 23.1 Å². The minimum absolute atomic E-state index is 0.107. The summed E-state index contributed by atoms with van der Waals surface area (Å²) in [5, 5.41) is 10.8. The van der Waals surface area contributed by atoms with E-state index in [2.05, 4.69) is 11.8 Å². The molecule has 0 atom stereocenters. The van der Waals surface area contributed by atoms with Gasteiger partial charge in [-0.05, 0) is 29.6 Å². The van der Waals surface area contributed by atoms with Gasteiger partial charge in [0.05, 0.1) is 0 Å². The second kappa shape index (κ2) is 6.90. The van der Waals surface area contributed by atoms with E-state index in [-0.39, 0.29) is 6.61 Å². The van der Waals surface area contributed by atoms with Gasteiger partial charge in [0, 0.05) is 21.1 Å². The Morgan fingerprint density at radius 1 is 1.19 bits per heavy atom. The van der Waals surface area contributed by atoms with Gasteiger partial charge in [0.25, 0.3) is 0 Å². The number of thiophene rings is 1. The predicted octanol–water partition coefficient (Wildman–Crippen LogP) is 3.16. The van der Waals surface area contributed by atoms with Crippen LogP contribution in [0.2, 0.25) is 0 Å². The molecule has 0 radical (unpaired) electrons. The molecule has 3 rings (SSSR count). The second-order valence-electron chi connectivity index (χ2n) is 4.31. The van der Waals surface area contributed by atoms with Gasteiger partial charge in [0.15, 0.2) is 11.5 Å². The molecule has 5 heteroatoms. The molecule has 1 N–H and O–H groups in total. The Hall–Kier alpha value is -1.61. The maximum absolute atomic E-state index is 8.78. The average molecular weight is 318 g/mol. The molecule has 0 saturated carbocycles. The molecule has 0 amide bonds. The smallest absolute Gasteiger partial charge is 0.162 e. The second-order valence-corrected chi connectivity index (χ2v) is 6.36. The highest BCUT2D eigenvalue weighted by Gasteiger charge is 2.12. The largest absolute Gasteiger partial charge is 0.486 e. The van der Waals surface area contributed by atoms with Crippen molar-refractivity contribution >= 4 is 23.1 Å². The zero-order valence-electron chi connectivity index (χ0n) is 11.3. The molecule has 0 fully saturated rings. The molecule has 3 nitrogen and oxygen atoms in total. The first-order valence-electron chi connectivity index (χ1n) is 6.55. The lowest BCUT2D eigenvalue weighted by Gasteiger charge is -2.18. The third kappa shape index (κ3) is 3.53. The molecule has 1 aliphatic rings. The summed E-state index contributed by atoms with van der Waals surface area (Å²) in [6.45, 7) is 1.11. The fourth-order valence-electron chi connectivity index (χ4n) is 1.96. The van der Waals surface area contributed by atoms with Crippen LogP contribution in [0.25, 0.3) is 0 Å². The Morgan fingerprint density at radius 3 is 2.90 bits per heavy atom. The van der Waals surface area contributed by atoms with Crippen molar-refractivity contribution in [3.8, 4) is 23.3 Å². The van der Waals surface area contributed by atoms with Crippen molar-refractivity contribution in [2.24, 2.45) is 0 Å². The van der Waals surface area contributed by atoms with Crippen LogP contribution in [0.1, 0.15) is 10.4 Å². The van der Waals surface area contributed by atoms with E-state index in [1.807, 2.05) is 29.6 Å². The Bertz CT molecular complexity index is 682. The van der Waals surface area contributed by atoms with E-state index in [0.717, 1.165) is 27.7 Å². The van der Waals surface area contributed by atoms with Crippen molar-refractivity contribution in [3.63, 3.8) is 0 Å². The molecule has 0 bridgehead atoms. The Balaban J connectivity index is 1.69. The Kier molecular flexibility index (Phi) is 4.71. The summed E-state index contributed by atoms with van der Waals surface area (Å²) in [7, 11) is 0. The Labute approximate surface area is 131 Å². The van der Waals surface area contributed by atoms with Crippen LogP contribution in [0.3, 0.4) is 0 Å². The van der Waals surface area contributed by atoms with Crippen molar-refractivity contribution in [1.82, 2.24) is 0 Å². The fraction of sp³-hybridized carbons (Fsp3) is 0.250. The monoisotopic (exact) mass is 318 g/mol. The predicted molar refractivity (Wildman–Crippen MR) is 85.3 cm³/mol. The summed E-state index contributed by atoms with van der Waals surface area (Å²) in [5.74, 6) is 8.17. The molecule has 2 aromatic rings. The van der Waals surface area contributed by atoms with Gasteiger partial charge in [-0.25, -0.2) is 0 Å². The standard InChI is InChI=1S/C16H14O3S2/c17-6-1-2-12-5-9-20-16(12)11-21-13-3-4-14-15(10-13)19-8-7-18-14/h3-5,9-10,17H,6-8,11H2. The summed E-state index contributed by atoms with van der Waals surface area (Å²) in [6.07, 6.45) is 0. The lowest BCUT2D eigenvalue weighted by molar-refractivity contribution is 0.171. The minimum atomic E-state index is -0.107. The quantitative estimate of drug-likeness (QED) is 0.697. The van der Waals surface area contributed by atoms with Crippen LogP contribution >= 0.6 is 23.1 Å². The van der Waals surface area contributed by atoms with Crippen LogP contribution in [0, 0.1) is 11.8 Å². The van der Waals surface area contributed by atoms with Crippen molar-refractivity contribution in [3.05, 3.63) is 40.1 Å². The van der Waals surface area contributed by atoms with Crippen LogP contribution in [-0.2, 0) is 5.75 Å². The van der Waals surface area contributed by atoms with E-state index < -0.39 is 0 Å². The molecular weight excluding hydrogens is 304 g/mol. The van der Waals surface area contributed by atoms with E-state index in [1.165, 1.54) is 4.88 Å². The molecule has 0 aliphatic carbocycles. The normalized spacial score (nSPS) is 12.6. The van der Waals surface area contributed by atoms with E-state index in [1.54, 1.807) is 23.1 Å². The number of hydrogen-bond acceptors (Lipinski definition) is 5. The summed E-state index contributed by atoms with van der Waals surface area (Å²) < 4.78 is 11.1. The molecule has 0 unspecified atom stereocenters. The van der Waals surface area contributed by atoms with Crippen LogP contribution in [0.15, 0.2) is 34.5 Å². The summed E-state index contributed by atoms with van der Waals surface area (Å²) >= 11 is 3.43. The van der Waals surface area contributed by atoms with E-state index in [0.29, 0.717) is 13.2 Å². The average Bonchev–Trinajstić information content (AvgIpc) is 2.98. The number of thioether (sulfide) groups is 1. The van der Waals surface area contributed by atoms with Gasteiger partial charge in [0.1, 0.15) is 19.8 Å². The number of benzene rings is 1. The lowest BCUT2D eigenvalue weighted by Crippen LogP contribution is -2.15. The van der Waals surface area contributed by atoms with Gasteiger partial charge in [-0.3, -0.25) is 0 Å². The molecule has 1 aromatic carbocycles. The van der Waals surface area contributed by atoms with Gasteiger partial charge in [-0.1, -0.05) is 11.8 Å². The lowest BCUT2D eigenvalue weighted by atomic mass is 10.3. The molecular formula is C16H14O3S2. The number of ether oxygens (including phenoxy) is 2. The molecule has 1 aliphatic heterocycles. The van der Waals surface area contributed by atoms with E-state index >= 15 is 0 Å². The highest BCUT2D eigenvalue weighted by molar-refractivity contribution is 7.98. The van der Waals surface area contributed by atoms with Crippen molar-refractivity contribution < 1.29 is 14.6 Å². The zero-order valence-corrected chi connectivity index (χ0v) is 12.9. The molecule has 2 heterocycles. The Morgan fingerprint density at radius 2 is 2.05 bits per heavy atom. The van der Waals surface area contributed by atoms with Gasteiger partial charge < -0.3 is 14.6 Å². The first kappa shape index (κ1) is 14.3. The number of rotatable bonds is 3. The fourth-order valence-corrected chi connectivity index (χ4v) is 3.83. The molecule has 0 spiro atoms. The molecule has 0 saturated heterocycles. The van der Waals surface area contributed by atoms with Gasteiger partial charge in [0.2, 0.25) is 0 Å². The van der Waals surface area contributed by atoms with Crippen molar-refractivity contribution in [2.45, 2.75) is 10.6 Å². The topological polar surface area (TPSA) is 38.7 Å². The maximum atomic E-state index is 8.78. The third-order valence-electron chi connectivity index (χ3n) is 2.93. The molecule has 108 valence electrons. The van der Waals surface area contributed by atoms with Crippen LogP contribution < -0.4 is 9.47 Å². The molecule has 1 aromatic heterocycles.